The number of hydrogen-bond donors (Lipinski definition) is 2. The van der Waals surface area contributed by atoms with E-state index in [2.05, 4.69) is 0 Å². The average Bonchev–Trinajstić information content (AvgIpc) is 2.42. The highest BCUT2D eigenvalue weighted by Crippen LogP contribution is 2.30. The Kier molecular flexibility index (Phi) is 3.52. The second kappa shape index (κ2) is 4.29. The Bertz CT molecular complexity index is 330. The van der Waals surface area contributed by atoms with E-state index in [1.54, 1.807) is 27.7 Å². The largest absolute Gasteiger partial charge is 0.481 e. The minimum Gasteiger partial charge on any atom is -0.481 e. The van der Waals surface area contributed by atoms with Crippen LogP contribution in [0.25, 0.3) is 0 Å². The summed E-state index contributed by atoms with van der Waals surface area (Å²) in [4.78, 5) is 24.8. The van der Waals surface area contributed by atoms with Gasteiger partial charge in [0.25, 0.3) is 0 Å². The molecule has 2 N–H and O–H groups in total. The summed E-state index contributed by atoms with van der Waals surface area (Å²) in [7, 11) is 0. The predicted octanol–water partition coefficient (Wildman–Crippen LogP) is 0.717. The van der Waals surface area contributed by atoms with Gasteiger partial charge in [0, 0.05) is 13.1 Å². The standard InChI is InChI=1S/C12H21NO4/c1-11(2,3)8(10(15)16)9(14)13-6-5-12(4,17)7-13/h8,17H,5-7H2,1-4H3,(H,15,16). The molecule has 1 aliphatic rings. The van der Waals surface area contributed by atoms with Gasteiger partial charge in [0.1, 0.15) is 5.92 Å². The van der Waals surface area contributed by atoms with Gasteiger partial charge in [-0.2, -0.15) is 0 Å². The van der Waals surface area contributed by atoms with Crippen LogP contribution in [0.4, 0.5) is 0 Å². The van der Waals surface area contributed by atoms with Crippen molar-refractivity contribution in [3.05, 3.63) is 0 Å². The van der Waals surface area contributed by atoms with Crippen LogP contribution in [0.5, 0.6) is 0 Å². The van der Waals surface area contributed by atoms with Crippen LogP contribution in [-0.4, -0.2) is 45.7 Å². The molecular formula is C12H21NO4. The highest BCUT2D eigenvalue weighted by Gasteiger charge is 2.43. The van der Waals surface area contributed by atoms with Crippen LogP contribution in [0.1, 0.15) is 34.1 Å². The summed E-state index contributed by atoms with van der Waals surface area (Å²) in [6, 6.07) is 0. The molecule has 0 aromatic carbocycles. The van der Waals surface area contributed by atoms with Crippen molar-refractivity contribution < 1.29 is 19.8 Å². The maximum atomic E-state index is 12.2. The molecule has 5 nitrogen and oxygen atoms in total. The van der Waals surface area contributed by atoms with Gasteiger partial charge in [-0.1, -0.05) is 20.8 Å². The molecule has 1 heterocycles. The van der Waals surface area contributed by atoms with E-state index in [1.165, 1.54) is 4.90 Å². The maximum Gasteiger partial charge on any atom is 0.316 e. The molecule has 0 aromatic heterocycles. The Morgan fingerprint density at radius 1 is 1.35 bits per heavy atom. The van der Waals surface area contributed by atoms with E-state index in [1.807, 2.05) is 0 Å². The minimum absolute atomic E-state index is 0.214. The van der Waals surface area contributed by atoms with Crippen LogP contribution in [0, 0.1) is 11.3 Å². The van der Waals surface area contributed by atoms with Crippen molar-refractivity contribution in [1.29, 1.82) is 0 Å². The van der Waals surface area contributed by atoms with E-state index in [-0.39, 0.29) is 6.54 Å². The number of carboxylic acid groups (broad SMARTS) is 1. The van der Waals surface area contributed by atoms with Gasteiger partial charge in [0.05, 0.1) is 5.60 Å². The number of aliphatic hydroxyl groups is 1. The molecule has 1 aliphatic heterocycles. The molecule has 0 aliphatic carbocycles. The van der Waals surface area contributed by atoms with E-state index in [4.69, 9.17) is 5.11 Å². The lowest BCUT2D eigenvalue weighted by Crippen LogP contribution is -2.45. The molecule has 0 bridgehead atoms. The Labute approximate surface area is 101 Å². The number of carboxylic acids is 1. The molecule has 0 radical (unpaired) electrons. The van der Waals surface area contributed by atoms with Crippen molar-refractivity contribution in [3.63, 3.8) is 0 Å². The predicted molar refractivity (Wildman–Crippen MR) is 62.4 cm³/mol. The zero-order valence-corrected chi connectivity index (χ0v) is 10.9. The summed E-state index contributed by atoms with van der Waals surface area (Å²) >= 11 is 0. The number of β-amino-alcohol motifs (C(OH)–C–C–N with tert-alkyl or cyclic N) is 1. The van der Waals surface area contributed by atoms with E-state index >= 15 is 0 Å². The second-order valence-corrected chi connectivity index (χ2v) is 6.14. The lowest BCUT2D eigenvalue weighted by atomic mass is 9.80. The van der Waals surface area contributed by atoms with Crippen LogP contribution in [-0.2, 0) is 9.59 Å². The number of carbonyl (C=O) groups is 2. The first-order valence-corrected chi connectivity index (χ1v) is 5.78. The Morgan fingerprint density at radius 3 is 2.18 bits per heavy atom. The van der Waals surface area contributed by atoms with E-state index in [0.29, 0.717) is 13.0 Å². The fourth-order valence-electron chi connectivity index (χ4n) is 2.16. The molecule has 0 spiro atoms. The first kappa shape index (κ1) is 14.0. The highest BCUT2D eigenvalue weighted by atomic mass is 16.4. The first-order chi connectivity index (χ1) is 7.54. The van der Waals surface area contributed by atoms with Crippen LogP contribution in [0.3, 0.4) is 0 Å². The lowest BCUT2D eigenvalue weighted by Gasteiger charge is -2.30. The quantitative estimate of drug-likeness (QED) is 0.700. The Morgan fingerprint density at radius 2 is 1.88 bits per heavy atom. The van der Waals surface area contributed by atoms with E-state index < -0.39 is 28.8 Å². The monoisotopic (exact) mass is 243 g/mol. The van der Waals surface area contributed by atoms with Crippen molar-refractivity contribution in [2.24, 2.45) is 11.3 Å². The third-order valence-electron chi connectivity index (χ3n) is 3.12. The molecule has 98 valence electrons. The van der Waals surface area contributed by atoms with Crippen molar-refractivity contribution in [1.82, 2.24) is 4.90 Å². The smallest absolute Gasteiger partial charge is 0.316 e. The normalized spacial score (nSPS) is 27.0. The zero-order valence-electron chi connectivity index (χ0n) is 10.9. The van der Waals surface area contributed by atoms with Crippen molar-refractivity contribution >= 4 is 11.9 Å². The van der Waals surface area contributed by atoms with Crippen LogP contribution < -0.4 is 0 Å². The maximum absolute atomic E-state index is 12.2. The molecule has 1 fully saturated rings. The van der Waals surface area contributed by atoms with Crippen molar-refractivity contribution in [2.45, 2.75) is 39.7 Å². The van der Waals surface area contributed by atoms with Crippen LogP contribution >= 0.6 is 0 Å². The molecule has 17 heavy (non-hydrogen) atoms. The summed E-state index contributed by atoms with van der Waals surface area (Å²) in [5.74, 6) is -2.56. The molecule has 5 heteroatoms. The van der Waals surface area contributed by atoms with Gasteiger partial charge in [-0.05, 0) is 18.8 Å². The summed E-state index contributed by atoms with van der Waals surface area (Å²) in [5.41, 5.74) is -1.52. The fourth-order valence-corrected chi connectivity index (χ4v) is 2.16. The molecule has 0 saturated carbocycles. The average molecular weight is 243 g/mol. The number of aliphatic carboxylic acids is 1. The van der Waals surface area contributed by atoms with Gasteiger partial charge < -0.3 is 15.1 Å². The van der Waals surface area contributed by atoms with Gasteiger partial charge in [-0.3, -0.25) is 9.59 Å². The highest BCUT2D eigenvalue weighted by molar-refractivity contribution is 5.97. The topological polar surface area (TPSA) is 77.8 Å². The van der Waals surface area contributed by atoms with Crippen LogP contribution in [0.15, 0.2) is 0 Å². The summed E-state index contributed by atoms with van der Waals surface area (Å²) in [6.07, 6.45) is 0.495. The van der Waals surface area contributed by atoms with E-state index in [0.717, 1.165) is 0 Å². The van der Waals surface area contributed by atoms with Gasteiger partial charge in [0.2, 0.25) is 5.91 Å². The van der Waals surface area contributed by atoms with E-state index in [9.17, 15) is 14.7 Å². The van der Waals surface area contributed by atoms with Gasteiger partial charge in [-0.25, -0.2) is 0 Å². The van der Waals surface area contributed by atoms with Gasteiger partial charge >= 0.3 is 5.97 Å². The third kappa shape index (κ3) is 3.19. The number of nitrogens with zero attached hydrogens (tertiary/aromatic N) is 1. The molecule has 2 atom stereocenters. The number of hydrogen-bond acceptors (Lipinski definition) is 3. The molecule has 2 unspecified atom stereocenters. The number of carbonyl (C=O) groups excluding carboxylic acids is 1. The molecule has 1 amide bonds. The lowest BCUT2D eigenvalue weighted by molar-refractivity contribution is -0.156. The second-order valence-electron chi connectivity index (χ2n) is 6.14. The minimum atomic E-state index is -1.10. The number of amides is 1. The number of likely N-dealkylation sites (tertiary alicyclic amines) is 1. The fraction of sp³-hybridized carbons (Fsp3) is 0.833. The van der Waals surface area contributed by atoms with Crippen molar-refractivity contribution in [3.8, 4) is 0 Å². The molecular weight excluding hydrogens is 222 g/mol. The SMILES string of the molecule is CC1(O)CCN(C(=O)C(C(=O)O)C(C)(C)C)C1. The van der Waals surface area contributed by atoms with Crippen LogP contribution in [0.2, 0.25) is 0 Å². The van der Waals surface area contributed by atoms with Crippen molar-refractivity contribution in [2.75, 3.05) is 13.1 Å². The molecule has 1 rings (SSSR count). The summed E-state index contributed by atoms with van der Waals surface area (Å²) in [6.45, 7) is 7.50. The first-order valence-electron chi connectivity index (χ1n) is 5.78. The number of rotatable bonds is 2. The molecule has 0 aromatic rings. The Balaban J connectivity index is 2.85. The third-order valence-corrected chi connectivity index (χ3v) is 3.12. The Hall–Kier alpha value is -1.10. The van der Waals surface area contributed by atoms with Gasteiger partial charge in [0.15, 0.2) is 0 Å². The molecule has 1 saturated heterocycles. The van der Waals surface area contributed by atoms with Gasteiger partial charge in [-0.15, -0.1) is 0 Å². The summed E-state index contributed by atoms with van der Waals surface area (Å²) in [5, 5.41) is 19.0. The summed E-state index contributed by atoms with van der Waals surface area (Å²) < 4.78 is 0. The zero-order chi connectivity index (χ0) is 13.4.